The van der Waals surface area contributed by atoms with Crippen LogP contribution in [0, 0.1) is 24.7 Å². The molecule has 2 aliphatic rings. The Morgan fingerprint density at radius 2 is 1.56 bits per heavy atom. The zero-order valence-electron chi connectivity index (χ0n) is 4.98. The Morgan fingerprint density at radius 1 is 1.11 bits per heavy atom. The van der Waals surface area contributed by atoms with Gasteiger partial charge in [-0.05, 0) is 37.5 Å². The van der Waals surface area contributed by atoms with Crippen molar-refractivity contribution in [2.75, 3.05) is 0 Å². The highest BCUT2D eigenvalue weighted by Crippen LogP contribution is 2.57. The summed E-state index contributed by atoms with van der Waals surface area (Å²) in [5, 5.41) is 0. The minimum atomic E-state index is -0.444. The lowest BCUT2D eigenvalue weighted by molar-refractivity contribution is 0.631. The first-order valence-electron chi connectivity index (χ1n) is 3.25. The van der Waals surface area contributed by atoms with Crippen molar-refractivity contribution in [3.05, 3.63) is 12.8 Å². The van der Waals surface area contributed by atoms with Gasteiger partial charge in [-0.15, -0.1) is 23.2 Å². The average Bonchev–Trinajstić information content (AvgIpc) is 2.24. The number of hydrogen-bond donors (Lipinski definition) is 0. The molecule has 0 amide bonds. The highest BCUT2D eigenvalue weighted by Gasteiger charge is 2.52. The number of halogens is 2. The van der Waals surface area contributed by atoms with Gasteiger partial charge >= 0.3 is 0 Å². The van der Waals surface area contributed by atoms with Crippen LogP contribution >= 0.6 is 23.2 Å². The van der Waals surface area contributed by atoms with E-state index in [0.29, 0.717) is 11.8 Å². The molecule has 2 radical (unpaired) electrons. The van der Waals surface area contributed by atoms with E-state index in [4.69, 9.17) is 23.2 Å². The van der Waals surface area contributed by atoms with Gasteiger partial charge in [-0.25, -0.2) is 0 Å². The molecule has 2 heteroatoms. The number of fused-ring (bicyclic) bond motifs is 2. The first-order valence-corrected chi connectivity index (χ1v) is 4.01. The van der Waals surface area contributed by atoms with Gasteiger partial charge in [-0.1, -0.05) is 0 Å². The van der Waals surface area contributed by atoms with Crippen molar-refractivity contribution in [2.24, 2.45) is 11.8 Å². The molecule has 2 bridgehead atoms. The lowest BCUT2D eigenvalue weighted by Crippen LogP contribution is -2.18. The summed E-state index contributed by atoms with van der Waals surface area (Å²) in [7, 11) is 0. The van der Waals surface area contributed by atoms with E-state index >= 15 is 0 Å². The van der Waals surface area contributed by atoms with Crippen molar-refractivity contribution in [1.82, 2.24) is 0 Å². The number of rotatable bonds is 0. The van der Waals surface area contributed by atoms with Crippen LogP contribution < -0.4 is 0 Å². The Labute approximate surface area is 65.5 Å². The van der Waals surface area contributed by atoms with Crippen molar-refractivity contribution in [3.8, 4) is 0 Å². The maximum atomic E-state index is 6.03. The third kappa shape index (κ3) is 0.729. The summed E-state index contributed by atoms with van der Waals surface area (Å²) < 4.78 is -0.444. The fraction of sp³-hybridized carbons (Fsp3) is 0.714. The van der Waals surface area contributed by atoms with Gasteiger partial charge in [0.15, 0.2) is 0 Å². The second-order valence-corrected chi connectivity index (χ2v) is 4.27. The van der Waals surface area contributed by atoms with Crippen LogP contribution in [0.5, 0.6) is 0 Å². The molecule has 0 spiro atoms. The largest absolute Gasteiger partial charge is 0.124 e. The zero-order valence-corrected chi connectivity index (χ0v) is 6.49. The summed E-state index contributed by atoms with van der Waals surface area (Å²) in [5.74, 6) is 0.872. The summed E-state index contributed by atoms with van der Waals surface area (Å²) in [6.07, 6.45) is 6.64. The molecule has 9 heavy (non-hydrogen) atoms. The fourth-order valence-corrected chi connectivity index (χ4v) is 2.43. The molecule has 2 saturated carbocycles. The zero-order chi connectivity index (χ0) is 6.48. The molecule has 0 aliphatic heterocycles. The molecule has 2 fully saturated rings. The van der Waals surface area contributed by atoms with Gasteiger partial charge in [-0.2, -0.15) is 0 Å². The van der Waals surface area contributed by atoms with Gasteiger partial charge < -0.3 is 0 Å². The van der Waals surface area contributed by atoms with Gasteiger partial charge in [0.2, 0.25) is 0 Å². The van der Waals surface area contributed by atoms with Gasteiger partial charge in [-0.3, -0.25) is 0 Å². The van der Waals surface area contributed by atoms with Gasteiger partial charge in [0.1, 0.15) is 4.33 Å². The molecule has 0 aromatic rings. The normalized spacial score (nSPS) is 46.0. The van der Waals surface area contributed by atoms with Crippen LogP contribution in [0.2, 0.25) is 0 Å². The molecule has 2 aliphatic carbocycles. The third-order valence-corrected chi connectivity index (χ3v) is 3.46. The summed E-state index contributed by atoms with van der Waals surface area (Å²) in [6, 6.07) is 0. The van der Waals surface area contributed by atoms with Crippen LogP contribution in [-0.4, -0.2) is 4.33 Å². The summed E-state index contributed by atoms with van der Waals surface area (Å²) >= 11 is 12.1. The van der Waals surface area contributed by atoms with E-state index in [9.17, 15) is 0 Å². The van der Waals surface area contributed by atoms with E-state index in [2.05, 4.69) is 12.8 Å². The van der Waals surface area contributed by atoms with Crippen LogP contribution in [0.3, 0.4) is 0 Å². The maximum absolute atomic E-state index is 6.03. The molecule has 0 N–H and O–H groups in total. The molecule has 50 valence electrons. The quantitative estimate of drug-likeness (QED) is 0.481. The van der Waals surface area contributed by atoms with Crippen molar-refractivity contribution in [3.63, 3.8) is 0 Å². The minimum Gasteiger partial charge on any atom is -0.101 e. The topological polar surface area (TPSA) is 0 Å². The van der Waals surface area contributed by atoms with Crippen molar-refractivity contribution >= 4 is 23.2 Å². The molecular weight excluding hydrogens is 155 g/mol. The fourth-order valence-electron chi connectivity index (χ4n) is 1.72. The summed E-state index contributed by atoms with van der Waals surface area (Å²) in [6.45, 7) is 0. The predicted molar refractivity (Wildman–Crippen MR) is 39.3 cm³/mol. The van der Waals surface area contributed by atoms with Gasteiger partial charge in [0, 0.05) is 0 Å². The van der Waals surface area contributed by atoms with Crippen LogP contribution in [0.1, 0.15) is 12.8 Å². The first-order chi connectivity index (χ1) is 4.21. The predicted octanol–water partition coefficient (Wildman–Crippen LogP) is 2.61. The monoisotopic (exact) mass is 162 g/mol. The molecule has 0 aromatic heterocycles. The van der Waals surface area contributed by atoms with E-state index in [1.807, 2.05) is 0 Å². The second kappa shape index (κ2) is 1.79. The van der Waals surface area contributed by atoms with Crippen molar-refractivity contribution in [2.45, 2.75) is 17.2 Å². The van der Waals surface area contributed by atoms with Gasteiger partial charge in [0.05, 0.1) is 0 Å². The SMILES string of the molecule is ClC1(Cl)C2[CH]CC1[CH]C2. The molecule has 0 heterocycles. The average molecular weight is 163 g/mol. The van der Waals surface area contributed by atoms with Crippen LogP contribution in [-0.2, 0) is 0 Å². The Balaban J connectivity index is 2.26. The van der Waals surface area contributed by atoms with E-state index in [1.54, 1.807) is 0 Å². The lowest BCUT2D eigenvalue weighted by Gasteiger charge is -2.16. The number of alkyl halides is 2. The lowest BCUT2D eigenvalue weighted by atomic mass is 10.0. The van der Waals surface area contributed by atoms with Crippen molar-refractivity contribution in [1.29, 1.82) is 0 Å². The molecule has 0 nitrogen and oxygen atoms in total. The highest BCUT2D eigenvalue weighted by molar-refractivity contribution is 6.49. The Bertz CT molecular complexity index is 109. The summed E-state index contributed by atoms with van der Waals surface area (Å²) in [5.41, 5.74) is 0. The molecule has 2 unspecified atom stereocenters. The second-order valence-electron chi connectivity index (χ2n) is 2.83. The van der Waals surface area contributed by atoms with Crippen LogP contribution in [0.15, 0.2) is 0 Å². The Morgan fingerprint density at radius 3 is 1.67 bits per heavy atom. The highest BCUT2D eigenvalue weighted by atomic mass is 35.5. The smallest absolute Gasteiger partial charge is 0.101 e. The molecule has 2 atom stereocenters. The number of hydrogen-bond acceptors (Lipinski definition) is 0. The minimum absolute atomic E-state index is 0.436. The van der Waals surface area contributed by atoms with E-state index in [1.165, 1.54) is 0 Å². The molecule has 0 aromatic carbocycles. The summed E-state index contributed by atoms with van der Waals surface area (Å²) in [4.78, 5) is 0. The Hall–Kier alpha value is 0.580. The standard InChI is InChI=1S/C7H8Cl2/c8-7(9)5-1-2-6(7)4-3-5/h1,4-6H,2-3H2. The Kier molecular flexibility index (Phi) is 1.26. The molecule has 0 saturated heterocycles. The molecule has 2 rings (SSSR count). The van der Waals surface area contributed by atoms with E-state index < -0.39 is 4.33 Å². The van der Waals surface area contributed by atoms with Gasteiger partial charge in [0.25, 0.3) is 0 Å². The van der Waals surface area contributed by atoms with E-state index in [0.717, 1.165) is 12.8 Å². The molecular formula is C7H8Cl2. The maximum Gasteiger partial charge on any atom is 0.124 e. The van der Waals surface area contributed by atoms with E-state index in [-0.39, 0.29) is 0 Å². The third-order valence-electron chi connectivity index (χ3n) is 2.34. The van der Waals surface area contributed by atoms with Crippen molar-refractivity contribution < 1.29 is 0 Å². The van der Waals surface area contributed by atoms with Crippen LogP contribution in [0.4, 0.5) is 0 Å². The first kappa shape index (κ1) is 6.30. The van der Waals surface area contributed by atoms with Crippen LogP contribution in [0.25, 0.3) is 0 Å².